The minimum atomic E-state index is -0.188. The number of nitrogens with zero attached hydrogens (tertiary/aromatic N) is 1. The second kappa shape index (κ2) is 6.75. The van der Waals surface area contributed by atoms with Crippen LogP contribution in [-0.4, -0.2) is 36.2 Å². The maximum atomic E-state index is 12.6. The number of nitrogen functional groups attached to an aromatic ring is 1. The van der Waals surface area contributed by atoms with E-state index in [9.17, 15) is 4.79 Å². The highest BCUT2D eigenvalue weighted by molar-refractivity contribution is 6.33. The third-order valence-electron chi connectivity index (χ3n) is 4.13. The van der Waals surface area contributed by atoms with E-state index in [4.69, 9.17) is 22.1 Å². The number of anilines is 1. The van der Waals surface area contributed by atoms with Crippen LogP contribution in [0, 0.1) is 0 Å². The molecule has 1 amide bonds. The lowest BCUT2D eigenvalue weighted by Gasteiger charge is -2.27. The normalized spacial score (nSPS) is 18.0. The fraction of sp³-hybridized carbons (Fsp3) is 0.562. The maximum Gasteiger partial charge on any atom is 0.256 e. The molecule has 1 aliphatic rings. The molecular formula is C16H24ClN3O2. The number of rotatable bonds is 5. The second-order valence-corrected chi connectivity index (χ2v) is 6.04. The van der Waals surface area contributed by atoms with E-state index in [0.29, 0.717) is 28.4 Å². The number of halogens is 1. The number of carbonyl (C=O) groups is 1. The Labute approximate surface area is 136 Å². The van der Waals surface area contributed by atoms with Crippen molar-refractivity contribution in [2.24, 2.45) is 0 Å². The first-order valence-electron chi connectivity index (χ1n) is 7.71. The topological polar surface area (TPSA) is 67.6 Å². The molecule has 1 aliphatic heterocycles. The summed E-state index contributed by atoms with van der Waals surface area (Å²) in [5.41, 5.74) is 7.80. The summed E-state index contributed by atoms with van der Waals surface area (Å²) < 4.78 is 5.78. The van der Waals surface area contributed by atoms with Crippen molar-refractivity contribution in [2.75, 3.05) is 18.8 Å². The smallest absolute Gasteiger partial charge is 0.256 e. The monoisotopic (exact) mass is 325 g/mol. The van der Waals surface area contributed by atoms with Gasteiger partial charge in [-0.2, -0.15) is 0 Å². The lowest BCUT2D eigenvalue weighted by molar-refractivity contribution is 0.0870. The molecule has 1 heterocycles. The summed E-state index contributed by atoms with van der Waals surface area (Å²) >= 11 is 6.17. The molecule has 1 aromatic carbocycles. The minimum absolute atomic E-state index is 0.00234. The number of ether oxygens (including phenoxy) is 1. The first-order valence-corrected chi connectivity index (χ1v) is 8.09. The van der Waals surface area contributed by atoms with Gasteiger partial charge in [0.25, 0.3) is 5.91 Å². The number of carbonyl (C=O) groups excluding carboxylic acids is 1. The van der Waals surface area contributed by atoms with E-state index in [2.05, 4.69) is 24.1 Å². The Bertz CT molecular complexity index is 573. The zero-order valence-corrected chi connectivity index (χ0v) is 14.3. The van der Waals surface area contributed by atoms with Crippen molar-refractivity contribution < 1.29 is 9.53 Å². The number of nitrogens with two attached hydrogens (primary N) is 1. The summed E-state index contributed by atoms with van der Waals surface area (Å²) in [7, 11) is 0. The highest BCUT2D eigenvalue weighted by Gasteiger charge is 2.29. The van der Waals surface area contributed by atoms with E-state index in [1.165, 1.54) is 0 Å². The lowest BCUT2D eigenvalue weighted by Crippen LogP contribution is -2.46. The zero-order valence-electron chi connectivity index (χ0n) is 13.6. The molecule has 0 bridgehead atoms. The van der Waals surface area contributed by atoms with Crippen molar-refractivity contribution in [1.82, 2.24) is 10.2 Å². The highest BCUT2D eigenvalue weighted by Crippen LogP contribution is 2.40. The molecule has 2 atom stereocenters. The van der Waals surface area contributed by atoms with E-state index in [1.807, 2.05) is 13.8 Å². The molecular weight excluding hydrogens is 302 g/mol. The molecule has 0 fully saturated rings. The molecule has 0 spiro atoms. The molecule has 0 aromatic heterocycles. The number of amides is 1. The number of hydrogen-bond acceptors (Lipinski definition) is 4. The van der Waals surface area contributed by atoms with Gasteiger partial charge in [0.15, 0.2) is 0 Å². The maximum absolute atomic E-state index is 12.6. The Morgan fingerprint density at radius 3 is 2.77 bits per heavy atom. The van der Waals surface area contributed by atoms with Crippen LogP contribution in [0.3, 0.4) is 0 Å². The van der Waals surface area contributed by atoms with Gasteiger partial charge in [-0.25, -0.2) is 0 Å². The predicted octanol–water partition coefficient (Wildman–Crippen LogP) is 2.66. The second-order valence-electron chi connectivity index (χ2n) is 5.63. The van der Waals surface area contributed by atoms with Crippen LogP contribution < -0.4 is 15.8 Å². The quantitative estimate of drug-likeness (QED) is 0.645. The molecule has 0 saturated carbocycles. The van der Waals surface area contributed by atoms with E-state index in [0.717, 1.165) is 18.7 Å². The predicted molar refractivity (Wildman–Crippen MR) is 89.5 cm³/mol. The Hall–Kier alpha value is -1.46. The number of hydrogen-bond donors (Lipinski definition) is 2. The Morgan fingerprint density at radius 2 is 2.18 bits per heavy atom. The van der Waals surface area contributed by atoms with Crippen LogP contribution in [0.15, 0.2) is 6.07 Å². The Morgan fingerprint density at radius 1 is 1.55 bits per heavy atom. The van der Waals surface area contributed by atoms with Gasteiger partial charge in [-0.15, -0.1) is 0 Å². The average molecular weight is 326 g/mol. The van der Waals surface area contributed by atoms with Crippen LogP contribution in [0.4, 0.5) is 5.69 Å². The van der Waals surface area contributed by atoms with Gasteiger partial charge >= 0.3 is 0 Å². The first kappa shape index (κ1) is 16.9. The summed E-state index contributed by atoms with van der Waals surface area (Å²) in [5.74, 6) is 0.380. The van der Waals surface area contributed by atoms with E-state index < -0.39 is 0 Å². The van der Waals surface area contributed by atoms with E-state index in [1.54, 1.807) is 6.07 Å². The van der Waals surface area contributed by atoms with Crippen LogP contribution in [0.5, 0.6) is 5.75 Å². The van der Waals surface area contributed by atoms with Crippen molar-refractivity contribution >= 4 is 23.2 Å². The van der Waals surface area contributed by atoms with Gasteiger partial charge < -0.3 is 15.8 Å². The van der Waals surface area contributed by atoms with Crippen LogP contribution >= 0.6 is 11.6 Å². The van der Waals surface area contributed by atoms with Gasteiger partial charge in [0.2, 0.25) is 0 Å². The number of fused-ring (bicyclic) bond motifs is 1. The summed E-state index contributed by atoms with van der Waals surface area (Å²) in [6.07, 6.45) is 0.615. The zero-order chi connectivity index (χ0) is 16.4. The van der Waals surface area contributed by atoms with Crippen LogP contribution in [0.25, 0.3) is 0 Å². The van der Waals surface area contributed by atoms with Crippen molar-refractivity contribution in [1.29, 1.82) is 0 Å². The van der Waals surface area contributed by atoms with Gasteiger partial charge in [0.05, 0.1) is 22.4 Å². The van der Waals surface area contributed by atoms with Crippen molar-refractivity contribution in [3.63, 3.8) is 0 Å². The van der Waals surface area contributed by atoms with Gasteiger partial charge in [-0.05, 0) is 33.0 Å². The van der Waals surface area contributed by atoms with Gasteiger partial charge in [0.1, 0.15) is 11.9 Å². The fourth-order valence-corrected chi connectivity index (χ4v) is 3.09. The molecule has 1 aromatic rings. The molecule has 6 heteroatoms. The van der Waals surface area contributed by atoms with Crippen molar-refractivity contribution in [3.05, 3.63) is 22.2 Å². The molecule has 0 radical (unpaired) electrons. The molecule has 2 unspecified atom stereocenters. The first-order chi connectivity index (χ1) is 10.4. The fourth-order valence-electron chi connectivity index (χ4n) is 2.87. The van der Waals surface area contributed by atoms with Crippen LogP contribution in [0.1, 0.15) is 43.6 Å². The van der Waals surface area contributed by atoms with Gasteiger partial charge in [-0.3, -0.25) is 9.69 Å². The standard InChI is InChI=1S/C16H24ClN3O2/c1-5-20(6-2)10(4)19-16(21)12-8-13(17)14(18)11-7-9(3)22-15(11)12/h8-10H,5-7,18H2,1-4H3,(H,19,21). The number of benzene rings is 1. The van der Waals surface area contributed by atoms with Crippen molar-refractivity contribution in [3.8, 4) is 5.75 Å². The third-order valence-corrected chi connectivity index (χ3v) is 4.44. The summed E-state index contributed by atoms with van der Waals surface area (Å²) in [6.45, 7) is 9.78. The highest BCUT2D eigenvalue weighted by atomic mass is 35.5. The van der Waals surface area contributed by atoms with Gasteiger partial charge in [-0.1, -0.05) is 25.4 Å². The van der Waals surface area contributed by atoms with Crippen molar-refractivity contribution in [2.45, 2.75) is 46.4 Å². The van der Waals surface area contributed by atoms with E-state index in [-0.39, 0.29) is 18.2 Å². The summed E-state index contributed by atoms with van der Waals surface area (Å²) in [4.78, 5) is 14.8. The largest absolute Gasteiger partial charge is 0.489 e. The SMILES string of the molecule is CCN(CC)C(C)NC(=O)c1cc(Cl)c(N)c2c1OC(C)C2. The summed E-state index contributed by atoms with van der Waals surface area (Å²) in [5, 5.41) is 3.40. The van der Waals surface area contributed by atoms with Gasteiger partial charge in [0, 0.05) is 12.0 Å². The molecule has 122 valence electrons. The number of nitrogens with one attached hydrogen (secondary N) is 1. The lowest BCUT2D eigenvalue weighted by atomic mass is 10.0. The van der Waals surface area contributed by atoms with Crippen LogP contribution in [-0.2, 0) is 6.42 Å². The third kappa shape index (κ3) is 3.15. The van der Waals surface area contributed by atoms with E-state index >= 15 is 0 Å². The Balaban J connectivity index is 2.28. The molecule has 0 aliphatic carbocycles. The minimum Gasteiger partial charge on any atom is -0.489 e. The summed E-state index contributed by atoms with van der Waals surface area (Å²) in [6, 6.07) is 1.60. The van der Waals surface area contributed by atoms with Crippen LogP contribution in [0.2, 0.25) is 5.02 Å². The Kier molecular flexibility index (Phi) is 5.19. The average Bonchev–Trinajstić information content (AvgIpc) is 2.86. The molecule has 22 heavy (non-hydrogen) atoms. The molecule has 0 saturated heterocycles. The molecule has 2 rings (SSSR count). The molecule has 5 nitrogen and oxygen atoms in total. The molecule has 3 N–H and O–H groups in total.